The lowest BCUT2D eigenvalue weighted by atomic mass is 9.99. The maximum absolute atomic E-state index is 13.2. The first kappa shape index (κ1) is 21.1. The van der Waals surface area contributed by atoms with Crippen LogP contribution in [0.15, 0.2) is 30.3 Å². The Morgan fingerprint density at radius 1 is 0.969 bits per heavy atom. The van der Waals surface area contributed by atoms with Crippen molar-refractivity contribution >= 4 is 11.8 Å². The van der Waals surface area contributed by atoms with Gasteiger partial charge >= 0.3 is 0 Å². The van der Waals surface area contributed by atoms with Crippen LogP contribution in [0.5, 0.6) is 0 Å². The Kier molecular flexibility index (Phi) is 5.95. The monoisotopic (exact) mass is 439 g/mol. The van der Waals surface area contributed by atoms with Crippen LogP contribution in [0.4, 0.5) is 4.39 Å². The lowest BCUT2D eigenvalue weighted by Gasteiger charge is -2.40. The minimum atomic E-state index is -0.292. The normalized spacial score (nSPS) is 20.5. The second-order valence-electron chi connectivity index (χ2n) is 9.11. The number of amides is 2. The molecule has 0 bridgehead atoms. The van der Waals surface area contributed by atoms with Gasteiger partial charge in [0, 0.05) is 38.3 Å². The third-order valence-corrected chi connectivity index (χ3v) is 7.03. The SMILES string of the molecule is O=C(c1cc2n(n1)CCN(Cc1ccc(F)cc1)C2=O)N1CCC(N2CCCCC2)CC1. The largest absolute Gasteiger partial charge is 0.337 e. The van der Waals surface area contributed by atoms with Gasteiger partial charge in [0.2, 0.25) is 0 Å². The standard InChI is InChI=1S/C24H30FN5O2/c25-19-6-4-18(5-7-19)17-29-14-15-30-22(24(29)32)16-21(26-30)23(31)28-12-8-20(9-13-28)27-10-2-1-3-11-27/h4-7,16,20H,1-3,8-15,17H2. The van der Waals surface area contributed by atoms with Crippen molar-refractivity contribution in [2.24, 2.45) is 0 Å². The molecule has 0 aliphatic carbocycles. The molecule has 0 N–H and O–H groups in total. The van der Waals surface area contributed by atoms with E-state index in [1.165, 1.54) is 44.5 Å². The van der Waals surface area contributed by atoms with Gasteiger partial charge in [-0.05, 0) is 56.5 Å². The van der Waals surface area contributed by atoms with Gasteiger partial charge in [-0.15, -0.1) is 0 Å². The summed E-state index contributed by atoms with van der Waals surface area (Å²) in [6.07, 6.45) is 5.91. The van der Waals surface area contributed by atoms with Gasteiger partial charge in [-0.2, -0.15) is 5.10 Å². The average molecular weight is 440 g/mol. The minimum absolute atomic E-state index is 0.0816. The van der Waals surface area contributed by atoms with Crippen LogP contribution in [0.3, 0.4) is 0 Å². The van der Waals surface area contributed by atoms with Crippen LogP contribution in [0.25, 0.3) is 0 Å². The maximum Gasteiger partial charge on any atom is 0.274 e. The highest BCUT2D eigenvalue weighted by Crippen LogP contribution is 2.23. The summed E-state index contributed by atoms with van der Waals surface area (Å²) < 4.78 is 14.8. The predicted molar refractivity (Wildman–Crippen MR) is 118 cm³/mol. The first-order valence-corrected chi connectivity index (χ1v) is 11.7. The smallest absolute Gasteiger partial charge is 0.274 e. The molecule has 1 aromatic carbocycles. The number of hydrogen-bond acceptors (Lipinski definition) is 4. The Labute approximate surface area is 187 Å². The van der Waals surface area contributed by atoms with Crippen LogP contribution in [-0.4, -0.2) is 75.1 Å². The van der Waals surface area contributed by atoms with Crippen molar-refractivity contribution in [3.8, 4) is 0 Å². The summed E-state index contributed by atoms with van der Waals surface area (Å²) >= 11 is 0. The summed E-state index contributed by atoms with van der Waals surface area (Å²) in [5.41, 5.74) is 1.68. The lowest BCUT2D eigenvalue weighted by molar-refractivity contribution is 0.0582. The van der Waals surface area contributed by atoms with Crippen molar-refractivity contribution in [2.45, 2.75) is 51.2 Å². The van der Waals surface area contributed by atoms with Gasteiger partial charge < -0.3 is 14.7 Å². The first-order valence-electron chi connectivity index (χ1n) is 11.7. The first-order chi connectivity index (χ1) is 15.6. The summed E-state index contributed by atoms with van der Waals surface area (Å²) in [7, 11) is 0. The van der Waals surface area contributed by atoms with E-state index in [1.54, 1.807) is 27.8 Å². The third-order valence-electron chi connectivity index (χ3n) is 7.03. The number of halogens is 1. The molecule has 0 atom stereocenters. The zero-order valence-electron chi connectivity index (χ0n) is 18.4. The van der Waals surface area contributed by atoms with Crippen LogP contribution >= 0.6 is 0 Å². The summed E-state index contributed by atoms with van der Waals surface area (Å²) in [6.45, 7) is 5.33. The number of carbonyl (C=O) groups excluding carboxylic acids is 2. The predicted octanol–water partition coefficient (Wildman–Crippen LogP) is 2.77. The highest BCUT2D eigenvalue weighted by molar-refractivity contribution is 5.98. The van der Waals surface area contributed by atoms with Crippen LogP contribution < -0.4 is 0 Å². The van der Waals surface area contributed by atoms with Gasteiger partial charge in [-0.1, -0.05) is 18.6 Å². The molecule has 0 spiro atoms. The molecular formula is C24H30FN5O2. The average Bonchev–Trinajstić information content (AvgIpc) is 3.28. The minimum Gasteiger partial charge on any atom is -0.337 e. The van der Waals surface area contributed by atoms with Crippen molar-refractivity contribution in [1.29, 1.82) is 0 Å². The van der Waals surface area contributed by atoms with Gasteiger partial charge in [0.15, 0.2) is 5.69 Å². The fraction of sp³-hybridized carbons (Fsp3) is 0.542. The Bertz CT molecular complexity index is 975. The molecule has 8 heteroatoms. The van der Waals surface area contributed by atoms with E-state index in [-0.39, 0.29) is 17.6 Å². The van der Waals surface area contributed by atoms with E-state index in [1.807, 2.05) is 4.90 Å². The van der Waals surface area contributed by atoms with E-state index in [4.69, 9.17) is 0 Å². The second-order valence-corrected chi connectivity index (χ2v) is 9.11. The summed E-state index contributed by atoms with van der Waals surface area (Å²) in [5, 5.41) is 4.46. The van der Waals surface area contributed by atoms with Gasteiger partial charge in [-0.25, -0.2) is 4.39 Å². The van der Waals surface area contributed by atoms with Gasteiger partial charge in [0.1, 0.15) is 11.5 Å². The molecule has 3 aliphatic rings. The van der Waals surface area contributed by atoms with Crippen molar-refractivity contribution in [3.05, 3.63) is 53.1 Å². The molecule has 170 valence electrons. The van der Waals surface area contributed by atoms with Gasteiger partial charge in [0.25, 0.3) is 11.8 Å². The number of nitrogens with zero attached hydrogens (tertiary/aromatic N) is 5. The maximum atomic E-state index is 13.2. The molecule has 2 amide bonds. The van der Waals surface area contributed by atoms with Crippen molar-refractivity contribution in [2.75, 3.05) is 32.7 Å². The number of benzene rings is 1. The molecule has 2 saturated heterocycles. The summed E-state index contributed by atoms with van der Waals surface area (Å²) in [6, 6.07) is 8.40. The van der Waals surface area contributed by atoms with Crippen molar-refractivity contribution in [3.63, 3.8) is 0 Å². The molecule has 0 radical (unpaired) electrons. The van der Waals surface area contributed by atoms with Gasteiger partial charge in [0.05, 0.1) is 6.54 Å². The molecule has 4 heterocycles. The van der Waals surface area contributed by atoms with E-state index in [9.17, 15) is 14.0 Å². The fourth-order valence-corrected chi connectivity index (χ4v) is 5.18. The Morgan fingerprint density at radius 2 is 1.69 bits per heavy atom. The summed E-state index contributed by atoms with van der Waals surface area (Å²) in [4.78, 5) is 32.3. The molecular weight excluding hydrogens is 409 g/mol. The molecule has 2 fully saturated rings. The zero-order valence-corrected chi connectivity index (χ0v) is 18.4. The van der Waals surface area contributed by atoms with E-state index in [0.717, 1.165) is 31.5 Å². The Balaban J connectivity index is 1.22. The van der Waals surface area contributed by atoms with Crippen molar-refractivity contribution in [1.82, 2.24) is 24.5 Å². The lowest BCUT2D eigenvalue weighted by Crippen LogP contribution is -2.48. The van der Waals surface area contributed by atoms with Crippen molar-refractivity contribution < 1.29 is 14.0 Å². The highest BCUT2D eigenvalue weighted by atomic mass is 19.1. The Morgan fingerprint density at radius 3 is 2.41 bits per heavy atom. The van der Waals surface area contributed by atoms with Crippen LogP contribution in [-0.2, 0) is 13.1 Å². The molecule has 0 saturated carbocycles. The molecule has 3 aliphatic heterocycles. The topological polar surface area (TPSA) is 61.7 Å². The second kappa shape index (κ2) is 9.02. The highest BCUT2D eigenvalue weighted by Gasteiger charge is 2.32. The molecule has 2 aromatic rings. The number of carbonyl (C=O) groups is 2. The zero-order chi connectivity index (χ0) is 22.1. The molecule has 0 unspecified atom stereocenters. The number of likely N-dealkylation sites (tertiary alicyclic amines) is 2. The third kappa shape index (κ3) is 4.28. The van der Waals surface area contributed by atoms with E-state index >= 15 is 0 Å². The molecule has 32 heavy (non-hydrogen) atoms. The number of fused-ring (bicyclic) bond motifs is 1. The number of aromatic nitrogens is 2. The van der Waals surface area contributed by atoms with Crippen LogP contribution in [0, 0.1) is 5.82 Å². The molecule has 5 rings (SSSR count). The fourth-order valence-electron chi connectivity index (χ4n) is 5.18. The Hall–Kier alpha value is -2.74. The van der Waals surface area contributed by atoms with E-state index in [2.05, 4.69) is 10.00 Å². The van der Waals surface area contributed by atoms with Gasteiger partial charge in [-0.3, -0.25) is 14.3 Å². The van der Waals surface area contributed by atoms with E-state index < -0.39 is 0 Å². The molecule has 7 nitrogen and oxygen atoms in total. The number of rotatable bonds is 4. The quantitative estimate of drug-likeness (QED) is 0.735. The number of piperidine rings is 2. The number of hydrogen-bond donors (Lipinski definition) is 0. The van der Waals surface area contributed by atoms with Crippen LogP contribution in [0.1, 0.15) is 58.6 Å². The van der Waals surface area contributed by atoms with E-state index in [0.29, 0.717) is 37.1 Å². The van der Waals surface area contributed by atoms with Crippen LogP contribution in [0.2, 0.25) is 0 Å². The molecule has 1 aromatic heterocycles. The summed E-state index contributed by atoms with van der Waals surface area (Å²) in [5.74, 6) is -0.516.